The smallest absolute Gasteiger partial charge is 0.216 e. The number of hydrogen-bond donors (Lipinski definition) is 2. The number of nitrogens with one attached hydrogen (secondary N) is 1. The molecule has 30 heavy (non-hydrogen) atoms. The van der Waals surface area contributed by atoms with Crippen LogP contribution in [0.3, 0.4) is 0 Å². The van der Waals surface area contributed by atoms with E-state index < -0.39 is 5.92 Å². The molecule has 154 valence electrons. The number of carbonyl (C=O) groups is 1. The SMILES string of the molecule is COc1ccc(C2C(C#N)=C(N)N(c3n[nH]c(=S)s3)C3=C2C(=O)CCC3)c(OC)c1. The molecule has 1 unspecified atom stereocenters. The molecule has 0 fully saturated rings. The molecule has 0 bridgehead atoms. The molecule has 10 heteroatoms. The van der Waals surface area contributed by atoms with Crippen molar-refractivity contribution >= 4 is 34.5 Å². The summed E-state index contributed by atoms with van der Waals surface area (Å²) >= 11 is 6.41. The van der Waals surface area contributed by atoms with Gasteiger partial charge in [0.05, 0.1) is 31.8 Å². The number of nitriles is 1. The van der Waals surface area contributed by atoms with Crippen LogP contribution in [0.1, 0.15) is 30.7 Å². The number of H-pyrrole nitrogens is 1. The third-order valence-corrected chi connectivity index (χ3v) is 6.36. The Morgan fingerprint density at radius 1 is 1.37 bits per heavy atom. The Hall–Kier alpha value is -3.16. The first-order valence-electron chi connectivity index (χ1n) is 9.23. The third-order valence-electron chi connectivity index (χ3n) is 5.28. The molecular weight excluding hydrogens is 422 g/mol. The number of methoxy groups -OCH3 is 2. The number of ketones is 1. The molecule has 0 saturated heterocycles. The first kappa shape index (κ1) is 20.1. The summed E-state index contributed by atoms with van der Waals surface area (Å²) in [4.78, 5) is 14.8. The van der Waals surface area contributed by atoms with Gasteiger partial charge in [-0.3, -0.25) is 14.8 Å². The van der Waals surface area contributed by atoms with Crippen LogP contribution in [0, 0.1) is 15.3 Å². The number of carbonyl (C=O) groups excluding carboxylic acids is 1. The fraction of sp³-hybridized carbons (Fsp3) is 0.300. The van der Waals surface area contributed by atoms with Gasteiger partial charge in [-0.15, -0.1) is 5.10 Å². The van der Waals surface area contributed by atoms with Crippen LogP contribution >= 0.6 is 23.6 Å². The summed E-state index contributed by atoms with van der Waals surface area (Å²) in [5.41, 5.74) is 8.76. The van der Waals surface area contributed by atoms with Crippen LogP contribution < -0.4 is 20.1 Å². The standard InChI is InChI=1S/C20H19N5O3S2/c1-27-10-6-7-11(15(8-10)28-2)16-12(9-21)18(22)25(19-23-24-20(29)30-19)13-4-3-5-14(26)17(13)16/h6-8,16H,3-5,22H2,1-2H3,(H,24,29). The van der Waals surface area contributed by atoms with Crippen LogP contribution in [-0.2, 0) is 4.79 Å². The zero-order valence-electron chi connectivity index (χ0n) is 16.4. The molecule has 1 aliphatic heterocycles. The summed E-state index contributed by atoms with van der Waals surface area (Å²) in [6.45, 7) is 0. The van der Waals surface area contributed by atoms with Crippen molar-refractivity contribution in [2.45, 2.75) is 25.2 Å². The maximum Gasteiger partial charge on any atom is 0.216 e. The topological polar surface area (TPSA) is 117 Å². The Bertz CT molecular complexity index is 1190. The van der Waals surface area contributed by atoms with Gasteiger partial charge >= 0.3 is 0 Å². The molecule has 0 radical (unpaired) electrons. The molecular formula is C20H19N5O3S2. The van der Waals surface area contributed by atoms with Gasteiger partial charge in [-0.2, -0.15) is 5.26 Å². The minimum absolute atomic E-state index is 0.0106. The van der Waals surface area contributed by atoms with Gasteiger partial charge < -0.3 is 15.2 Å². The van der Waals surface area contributed by atoms with Crippen LogP contribution in [0.25, 0.3) is 0 Å². The normalized spacial score (nSPS) is 18.9. The number of allylic oxidation sites excluding steroid dienone is 3. The Kier molecular flexibility index (Phi) is 5.32. The van der Waals surface area contributed by atoms with Gasteiger partial charge in [0.2, 0.25) is 5.13 Å². The Balaban J connectivity index is 1.99. The highest BCUT2D eigenvalue weighted by atomic mass is 32.1. The van der Waals surface area contributed by atoms with E-state index in [4.69, 9.17) is 27.4 Å². The van der Waals surface area contributed by atoms with Gasteiger partial charge in [0.1, 0.15) is 17.3 Å². The fourth-order valence-electron chi connectivity index (χ4n) is 3.99. The van der Waals surface area contributed by atoms with E-state index in [2.05, 4.69) is 16.3 Å². The van der Waals surface area contributed by atoms with E-state index in [0.717, 1.165) is 5.70 Å². The fourth-order valence-corrected chi connectivity index (χ4v) is 4.91. The van der Waals surface area contributed by atoms with Gasteiger partial charge in [0.15, 0.2) is 9.74 Å². The molecule has 4 rings (SSSR count). The first-order chi connectivity index (χ1) is 14.5. The average molecular weight is 442 g/mol. The van der Waals surface area contributed by atoms with E-state index in [0.29, 0.717) is 51.0 Å². The zero-order chi connectivity index (χ0) is 21.4. The lowest BCUT2D eigenvalue weighted by molar-refractivity contribution is -0.116. The van der Waals surface area contributed by atoms with E-state index in [1.165, 1.54) is 11.3 Å². The van der Waals surface area contributed by atoms with Gasteiger partial charge in [0, 0.05) is 29.3 Å². The van der Waals surface area contributed by atoms with Crippen LogP contribution in [0.15, 0.2) is 40.9 Å². The molecule has 1 atom stereocenters. The van der Waals surface area contributed by atoms with Crippen LogP contribution in [0.5, 0.6) is 11.5 Å². The highest BCUT2D eigenvalue weighted by Gasteiger charge is 2.42. The number of ether oxygens (including phenoxy) is 2. The van der Waals surface area contributed by atoms with Crippen molar-refractivity contribution in [1.82, 2.24) is 10.2 Å². The number of benzene rings is 1. The van der Waals surface area contributed by atoms with E-state index in [-0.39, 0.29) is 17.2 Å². The van der Waals surface area contributed by atoms with Gasteiger partial charge in [-0.1, -0.05) is 17.4 Å². The van der Waals surface area contributed by atoms with Crippen molar-refractivity contribution in [3.05, 3.63) is 50.4 Å². The van der Waals surface area contributed by atoms with E-state index in [1.54, 1.807) is 31.3 Å². The largest absolute Gasteiger partial charge is 0.497 e. The molecule has 1 aromatic carbocycles. The van der Waals surface area contributed by atoms with Crippen molar-refractivity contribution in [3.63, 3.8) is 0 Å². The molecule has 3 N–H and O–H groups in total. The minimum Gasteiger partial charge on any atom is -0.497 e. The van der Waals surface area contributed by atoms with Gasteiger partial charge in [-0.25, -0.2) is 0 Å². The summed E-state index contributed by atoms with van der Waals surface area (Å²) in [6.07, 6.45) is 1.75. The molecule has 1 aliphatic carbocycles. The second-order valence-electron chi connectivity index (χ2n) is 6.82. The number of Topliss-reactive ketones (excluding diaryl/α,β-unsaturated/α-hetero) is 1. The predicted molar refractivity (Wildman–Crippen MR) is 115 cm³/mol. The molecule has 0 spiro atoms. The lowest BCUT2D eigenvalue weighted by Crippen LogP contribution is -2.38. The summed E-state index contributed by atoms with van der Waals surface area (Å²) in [6, 6.07) is 7.55. The number of aromatic nitrogens is 2. The van der Waals surface area contributed by atoms with Crippen molar-refractivity contribution < 1.29 is 14.3 Å². The molecule has 2 aromatic rings. The number of anilines is 1. The molecule has 0 saturated carbocycles. The summed E-state index contributed by atoms with van der Waals surface area (Å²) in [7, 11) is 3.11. The Labute approximate surface area is 182 Å². The number of aromatic amines is 1. The lowest BCUT2D eigenvalue weighted by atomic mass is 9.75. The number of rotatable bonds is 4. The average Bonchev–Trinajstić information content (AvgIpc) is 3.18. The van der Waals surface area contributed by atoms with Gasteiger partial charge in [-0.05, 0) is 31.1 Å². The summed E-state index contributed by atoms with van der Waals surface area (Å²) in [5.74, 6) is 0.745. The van der Waals surface area contributed by atoms with Crippen LogP contribution in [0.2, 0.25) is 0 Å². The third kappa shape index (κ3) is 3.16. The minimum atomic E-state index is -0.623. The van der Waals surface area contributed by atoms with E-state index in [9.17, 15) is 10.1 Å². The summed E-state index contributed by atoms with van der Waals surface area (Å²) in [5, 5.41) is 17.5. The predicted octanol–water partition coefficient (Wildman–Crippen LogP) is 3.52. The molecule has 8 nitrogen and oxygen atoms in total. The number of nitrogens with two attached hydrogens (primary N) is 1. The molecule has 2 heterocycles. The molecule has 0 amide bonds. The second-order valence-corrected chi connectivity index (χ2v) is 8.46. The van der Waals surface area contributed by atoms with E-state index in [1.807, 2.05) is 6.07 Å². The maximum atomic E-state index is 13.1. The molecule has 2 aliphatic rings. The second kappa shape index (κ2) is 7.93. The van der Waals surface area contributed by atoms with Crippen molar-refractivity contribution in [2.75, 3.05) is 19.1 Å². The number of nitrogens with zero attached hydrogens (tertiary/aromatic N) is 3. The maximum absolute atomic E-state index is 13.1. The number of hydrogen-bond acceptors (Lipinski definition) is 9. The molecule has 1 aromatic heterocycles. The van der Waals surface area contributed by atoms with Crippen LogP contribution in [-0.4, -0.2) is 30.2 Å². The summed E-state index contributed by atoms with van der Waals surface area (Å²) < 4.78 is 11.3. The van der Waals surface area contributed by atoms with Crippen molar-refractivity contribution in [3.8, 4) is 17.6 Å². The Morgan fingerprint density at radius 3 is 2.80 bits per heavy atom. The van der Waals surface area contributed by atoms with Crippen molar-refractivity contribution in [1.29, 1.82) is 5.26 Å². The van der Waals surface area contributed by atoms with Crippen molar-refractivity contribution in [2.24, 2.45) is 5.73 Å². The Morgan fingerprint density at radius 2 is 2.17 bits per heavy atom. The monoisotopic (exact) mass is 441 g/mol. The highest BCUT2D eigenvalue weighted by Crippen LogP contribution is 2.48. The highest BCUT2D eigenvalue weighted by molar-refractivity contribution is 7.73. The quantitative estimate of drug-likeness (QED) is 0.692. The lowest BCUT2D eigenvalue weighted by Gasteiger charge is -2.38. The van der Waals surface area contributed by atoms with Gasteiger partial charge in [0.25, 0.3) is 0 Å². The van der Waals surface area contributed by atoms with Crippen LogP contribution in [0.4, 0.5) is 5.13 Å². The first-order valence-corrected chi connectivity index (χ1v) is 10.5. The zero-order valence-corrected chi connectivity index (χ0v) is 18.0. The van der Waals surface area contributed by atoms with E-state index >= 15 is 0 Å².